The molecule has 0 radical (unpaired) electrons. The van der Waals surface area contributed by atoms with Crippen LogP contribution in [0.15, 0.2) is 72.8 Å². The van der Waals surface area contributed by atoms with Gasteiger partial charge in [0, 0.05) is 6.54 Å². The Bertz CT molecular complexity index is 945. The number of para-hydroxylation sites is 1. The van der Waals surface area contributed by atoms with Crippen molar-refractivity contribution in [1.29, 1.82) is 0 Å². The minimum atomic E-state index is -4.70. The van der Waals surface area contributed by atoms with Crippen LogP contribution in [0, 0.1) is 0 Å². The van der Waals surface area contributed by atoms with Crippen molar-refractivity contribution in [2.24, 2.45) is 0 Å². The van der Waals surface area contributed by atoms with Crippen molar-refractivity contribution in [3.8, 4) is 28.4 Å². The second kappa shape index (κ2) is 10.6. The van der Waals surface area contributed by atoms with Crippen molar-refractivity contribution in [2.75, 3.05) is 25.6 Å². The second-order valence-electron chi connectivity index (χ2n) is 6.78. The van der Waals surface area contributed by atoms with E-state index in [4.69, 9.17) is 9.47 Å². The zero-order valence-electron chi connectivity index (χ0n) is 17.1. The first-order chi connectivity index (χ1) is 14.9. The number of hydrogen-bond donors (Lipinski definition) is 1. The van der Waals surface area contributed by atoms with Crippen molar-refractivity contribution in [3.63, 3.8) is 0 Å². The molecule has 0 amide bonds. The van der Waals surface area contributed by atoms with E-state index in [2.05, 4.69) is 10.1 Å². The molecule has 7 heteroatoms. The second-order valence-corrected chi connectivity index (χ2v) is 6.78. The Hall–Kier alpha value is -3.35. The van der Waals surface area contributed by atoms with Crippen LogP contribution >= 0.6 is 0 Å². The fourth-order valence-electron chi connectivity index (χ4n) is 3.03. The van der Waals surface area contributed by atoms with E-state index < -0.39 is 6.36 Å². The van der Waals surface area contributed by atoms with Gasteiger partial charge < -0.3 is 19.5 Å². The summed E-state index contributed by atoms with van der Waals surface area (Å²) in [6, 6.07) is 21.1. The summed E-state index contributed by atoms with van der Waals surface area (Å²) in [5.74, 6) is 1.30. The summed E-state index contributed by atoms with van der Waals surface area (Å²) in [6.07, 6.45) is -2.90. The van der Waals surface area contributed by atoms with Gasteiger partial charge >= 0.3 is 6.36 Å². The summed E-state index contributed by atoms with van der Waals surface area (Å²) in [6.45, 7) is 1.37. The molecule has 3 aromatic carbocycles. The van der Waals surface area contributed by atoms with Gasteiger partial charge in [-0.15, -0.1) is 13.2 Å². The minimum absolute atomic E-state index is 0.249. The van der Waals surface area contributed by atoms with Crippen molar-refractivity contribution in [3.05, 3.63) is 72.8 Å². The van der Waals surface area contributed by atoms with Crippen LogP contribution in [0.5, 0.6) is 17.2 Å². The molecule has 0 aliphatic heterocycles. The van der Waals surface area contributed by atoms with E-state index in [-0.39, 0.29) is 5.75 Å². The number of anilines is 1. The summed E-state index contributed by atoms with van der Waals surface area (Å²) < 4.78 is 52.0. The molecule has 0 spiro atoms. The standard InChI is InChI=1S/C24H24F3NO3/c1-29-23-14-11-19(18-9-12-21(13-10-18)31-24(25,26)27)17-22(23)28-15-5-6-16-30-20-7-3-2-4-8-20/h2-4,7-14,17,28H,5-6,15-16H2,1H3. The number of benzene rings is 3. The lowest BCUT2D eigenvalue weighted by Crippen LogP contribution is -2.16. The molecule has 0 aliphatic carbocycles. The van der Waals surface area contributed by atoms with Crippen LogP contribution in [0.1, 0.15) is 12.8 Å². The molecule has 0 aromatic heterocycles. The van der Waals surface area contributed by atoms with Gasteiger partial charge in [0.05, 0.1) is 19.4 Å². The Morgan fingerprint density at radius 3 is 2.19 bits per heavy atom. The molecular formula is C24H24F3NO3. The number of hydrogen-bond acceptors (Lipinski definition) is 4. The average Bonchev–Trinajstić information content (AvgIpc) is 2.76. The largest absolute Gasteiger partial charge is 0.573 e. The van der Waals surface area contributed by atoms with Crippen LogP contribution in [0.3, 0.4) is 0 Å². The maximum Gasteiger partial charge on any atom is 0.573 e. The molecule has 3 aromatic rings. The molecule has 0 saturated carbocycles. The molecule has 0 saturated heterocycles. The summed E-state index contributed by atoms with van der Waals surface area (Å²) in [7, 11) is 1.59. The molecule has 164 valence electrons. The summed E-state index contributed by atoms with van der Waals surface area (Å²) in [5.41, 5.74) is 2.45. The zero-order valence-corrected chi connectivity index (χ0v) is 17.1. The summed E-state index contributed by atoms with van der Waals surface area (Å²) in [5, 5.41) is 3.36. The van der Waals surface area contributed by atoms with E-state index in [9.17, 15) is 13.2 Å². The third-order valence-electron chi connectivity index (χ3n) is 4.52. The predicted molar refractivity (Wildman–Crippen MR) is 115 cm³/mol. The minimum Gasteiger partial charge on any atom is -0.495 e. The maximum atomic E-state index is 12.3. The van der Waals surface area contributed by atoms with Crippen LogP contribution < -0.4 is 19.5 Å². The zero-order chi connectivity index (χ0) is 22.1. The fourth-order valence-corrected chi connectivity index (χ4v) is 3.03. The molecule has 0 unspecified atom stereocenters. The molecule has 0 fully saturated rings. The Balaban J connectivity index is 1.55. The lowest BCUT2D eigenvalue weighted by molar-refractivity contribution is -0.274. The van der Waals surface area contributed by atoms with Gasteiger partial charge in [0.25, 0.3) is 0 Å². The third kappa shape index (κ3) is 7.13. The molecule has 3 rings (SSSR count). The highest BCUT2D eigenvalue weighted by Gasteiger charge is 2.30. The molecule has 31 heavy (non-hydrogen) atoms. The van der Waals surface area contributed by atoms with Gasteiger partial charge in [-0.05, 0) is 60.4 Å². The van der Waals surface area contributed by atoms with Gasteiger partial charge in [0.2, 0.25) is 0 Å². The first-order valence-electron chi connectivity index (χ1n) is 9.90. The molecule has 0 bridgehead atoms. The van der Waals surface area contributed by atoms with Crippen LogP contribution in [-0.4, -0.2) is 26.6 Å². The first-order valence-corrected chi connectivity index (χ1v) is 9.90. The Morgan fingerprint density at radius 1 is 0.806 bits per heavy atom. The molecule has 0 aliphatic rings. The van der Waals surface area contributed by atoms with E-state index in [0.717, 1.165) is 42.0 Å². The number of halogens is 3. The number of methoxy groups -OCH3 is 1. The number of nitrogens with one attached hydrogen (secondary N) is 1. The van der Waals surface area contributed by atoms with E-state index >= 15 is 0 Å². The van der Waals surface area contributed by atoms with Gasteiger partial charge in [-0.1, -0.05) is 36.4 Å². The predicted octanol–water partition coefficient (Wildman–Crippen LogP) is 6.53. The van der Waals surface area contributed by atoms with Gasteiger partial charge in [-0.3, -0.25) is 0 Å². The SMILES string of the molecule is COc1ccc(-c2ccc(OC(F)(F)F)cc2)cc1NCCCCOc1ccccc1. The highest BCUT2D eigenvalue weighted by molar-refractivity contribution is 5.72. The van der Waals surface area contributed by atoms with Gasteiger partial charge in [-0.2, -0.15) is 0 Å². The van der Waals surface area contributed by atoms with Crippen molar-refractivity contribution >= 4 is 5.69 Å². The highest BCUT2D eigenvalue weighted by atomic mass is 19.4. The average molecular weight is 431 g/mol. The number of ether oxygens (including phenoxy) is 3. The monoisotopic (exact) mass is 431 g/mol. The highest BCUT2D eigenvalue weighted by Crippen LogP contribution is 2.32. The summed E-state index contributed by atoms with van der Waals surface area (Å²) in [4.78, 5) is 0. The Kier molecular flexibility index (Phi) is 7.65. The first kappa shape index (κ1) is 22.3. The quantitative estimate of drug-likeness (QED) is 0.371. The fraction of sp³-hybridized carbons (Fsp3) is 0.250. The van der Waals surface area contributed by atoms with Crippen molar-refractivity contribution < 1.29 is 27.4 Å². The topological polar surface area (TPSA) is 39.7 Å². The molecular weight excluding hydrogens is 407 g/mol. The Morgan fingerprint density at radius 2 is 1.52 bits per heavy atom. The third-order valence-corrected chi connectivity index (χ3v) is 4.52. The van der Waals surface area contributed by atoms with E-state index in [0.29, 0.717) is 12.4 Å². The molecule has 0 heterocycles. The summed E-state index contributed by atoms with van der Waals surface area (Å²) >= 11 is 0. The van der Waals surface area contributed by atoms with E-state index in [1.54, 1.807) is 19.2 Å². The normalized spacial score (nSPS) is 11.1. The van der Waals surface area contributed by atoms with Crippen molar-refractivity contribution in [2.45, 2.75) is 19.2 Å². The van der Waals surface area contributed by atoms with Gasteiger partial charge in [0.15, 0.2) is 0 Å². The lowest BCUT2D eigenvalue weighted by Gasteiger charge is -2.14. The molecule has 1 N–H and O–H groups in total. The van der Waals surface area contributed by atoms with Crippen LogP contribution in [0.2, 0.25) is 0 Å². The van der Waals surface area contributed by atoms with E-state index in [1.165, 1.54) is 12.1 Å². The van der Waals surface area contributed by atoms with Gasteiger partial charge in [0.1, 0.15) is 17.2 Å². The number of alkyl halides is 3. The Labute approximate surface area is 179 Å². The van der Waals surface area contributed by atoms with Crippen LogP contribution in [0.25, 0.3) is 11.1 Å². The molecule has 0 atom stereocenters. The van der Waals surface area contributed by atoms with Crippen LogP contribution in [-0.2, 0) is 0 Å². The van der Waals surface area contributed by atoms with Crippen molar-refractivity contribution in [1.82, 2.24) is 0 Å². The van der Waals surface area contributed by atoms with Gasteiger partial charge in [-0.25, -0.2) is 0 Å². The maximum absolute atomic E-state index is 12.3. The number of rotatable bonds is 10. The van der Waals surface area contributed by atoms with Crippen LogP contribution in [0.4, 0.5) is 18.9 Å². The number of unbranched alkanes of at least 4 members (excludes halogenated alkanes) is 1. The molecule has 4 nitrogen and oxygen atoms in total. The van der Waals surface area contributed by atoms with E-state index in [1.807, 2.05) is 48.5 Å². The lowest BCUT2D eigenvalue weighted by atomic mass is 10.0. The smallest absolute Gasteiger partial charge is 0.495 e.